The Labute approximate surface area is 247 Å². The summed E-state index contributed by atoms with van der Waals surface area (Å²) >= 11 is 0. The Morgan fingerprint density at radius 3 is 1.50 bits per heavy atom. The molecule has 0 spiro atoms. The van der Waals surface area contributed by atoms with Gasteiger partial charge in [-0.2, -0.15) is 0 Å². The van der Waals surface area contributed by atoms with Gasteiger partial charge in [0.05, 0.1) is 0 Å². The van der Waals surface area contributed by atoms with Crippen LogP contribution in [-0.2, 0) is 0 Å². The zero-order chi connectivity index (χ0) is 28.3. The van der Waals surface area contributed by atoms with Crippen LogP contribution in [0.25, 0.3) is 44.3 Å². The van der Waals surface area contributed by atoms with Gasteiger partial charge in [0, 0.05) is 17.1 Å². The normalized spacial score (nSPS) is 11.6. The minimum Gasteiger partial charge on any atom is -0.311 e. The molecular formula is C41H31N. The maximum atomic E-state index is 2.34. The van der Waals surface area contributed by atoms with Crippen LogP contribution in [-0.4, -0.2) is 0 Å². The predicted molar refractivity (Wildman–Crippen MR) is 182 cm³/mol. The van der Waals surface area contributed by atoms with E-state index in [4.69, 9.17) is 0 Å². The highest BCUT2D eigenvalue weighted by molar-refractivity contribution is 6.09. The first-order valence-electron chi connectivity index (χ1n) is 14.4. The summed E-state index contributed by atoms with van der Waals surface area (Å²) in [5.41, 5.74) is 9.54. The van der Waals surface area contributed by atoms with Gasteiger partial charge in [0.2, 0.25) is 0 Å². The van der Waals surface area contributed by atoms with E-state index in [0.29, 0.717) is 0 Å². The molecule has 0 aliphatic heterocycles. The second-order valence-electron chi connectivity index (χ2n) is 10.7. The van der Waals surface area contributed by atoms with E-state index in [9.17, 15) is 0 Å². The van der Waals surface area contributed by atoms with Crippen LogP contribution in [0, 0.1) is 0 Å². The summed E-state index contributed by atoms with van der Waals surface area (Å²) < 4.78 is 0. The van der Waals surface area contributed by atoms with E-state index in [1.807, 2.05) is 0 Å². The lowest BCUT2D eigenvalue weighted by atomic mass is 9.94. The second-order valence-corrected chi connectivity index (χ2v) is 10.7. The monoisotopic (exact) mass is 537 g/mol. The van der Waals surface area contributed by atoms with Crippen LogP contribution in [0.4, 0.5) is 17.1 Å². The van der Waals surface area contributed by atoms with Gasteiger partial charge in [-0.1, -0.05) is 127 Å². The SMILES string of the molecule is C/C(=C/c1c2ccccc2cc2ccccc12)c1ccc(N(c2ccccc2)c2ccc(-c3ccccc3)cc2)cc1. The first-order valence-corrected chi connectivity index (χ1v) is 14.4. The molecule has 42 heavy (non-hydrogen) atoms. The van der Waals surface area contributed by atoms with Crippen molar-refractivity contribution >= 4 is 50.3 Å². The lowest BCUT2D eigenvalue weighted by molar-refractivity contribution is 1.28. The summed E-state index contributed by atoms with van der Waals surface area (Å²) in [6.07, 6.45) is 2.34. The molecule has 0 aliphatic rings. The van der Waals surface area contributed by atoms with E-state index in [-0.39, 0.29) is 0 Å². The molecule has 0 aliphatic carbocycles. The van der Waals surface area contributed by atoms with Gasteiger partial charge in [0.25, 0.3) is 0 Å². The van der Waals surface area contributed by atoms with Crippen LogP contribution in [0.1, 0.15) is 18.1 Å². The van der Waals surface area contributed by atoms with Crippen molar-refractivity contribution in [2.45, 2.75) is 6.92 Å². The number of allylic oxidation sites excluding steroid dienone is 1. The van der Waals surface area contributed by atoms with Gasteiger partial charge in [-0.05, 0) is 98.8 Å². The highest BCUT2D eigenvalue weighted by Gasteiger charge is 2.13. The van der Waals surface area contributed by atoms with Crippen molar-refractivity contribution in [3.05, 3.63) is 175 Å². The molecule has 7 aromatic rings. The number of nitrogens with zero attached hydrogens (tertiary/aromatic N) is 1. The molecule has 0 heterocycles. The van der Waals surface area contributed by atoms with E-state index < -0.39 is 0 Å². The molecule has 0 saturated heterocycles. The largest absolute Gasteiger partial charge is 0.311 e. The third kappa shape index (κ3) is 4.98. The van der Waals surface area contributed by atoms with Crippen molar-refractivity contribution in [3.63, 3.8) is 0 Å². The first-order chi connectivity index (χ1) is 20.7. The number of fused-ring (bicyclic) bond motifs is 2. The fraction of sp³-hybridized carbons (Fsp3) is 0.0244. The van der Waals surface area contributed by atoms with Crippen LogP contribution in [0.2, 0.25) is 0 Å². The van der Waals surface area contributed by atoms with Gasteiger partial charge in [0.15, 0.2) is 0 Å². The molecule has 0 unspecified atom stereocenters. The zero-order valence-electron chi connectivity index (χ0n) is 23.6. The quantitative estimate of drug-likeness (QED) is 0.151. The smallest absolute Gasteiger partial charge is 0.0462 e. The molecule has 0 saturated carbocycles. The Morgan fingerprint density at radius 2 is 0.905 bits per heavy atom. The molecule has 0 amide bonds. The van der Waals surface area contributed by atoms with E-state index in [1.165, 1.54) is 49.4 Å². The van der Waals surface area contributed by atoms with Crippen molar-refractivity contribution in [2.75, 3.05) is 4.90 Å². The standard InChI is InChI=1S/C41H31N/c1-30(28-41-39-18-10-8-14-34(39)29-35-15-9-11-19-40(35)41)31-20-24-37(25-21-31)42(36-16-6-3-7-17-36)38-26-22-33(23-27-38)32-12-4-2-5-13-32/h2-29H,1H3/b30-28-. The van der Waals surface area contributed by atoms with Crippen molar-refractivity contribution in [3.8, 4) is 11.1 Å². The summed E-state index contributed by atoms with van der Waals surface area (Å²) in [7, 11) is 0. The topological polar surface area (TPSA) is 3.24 Å². The fourth-order valence-corrected chi connectivity index (χ4v) is 5.84. The summed E-state index contributed by atoms with van der Waals surface area (Å²) in [4.78, 5) is 2.32. The molecule has 7 aromatic carbocycles. The molecule has 0 atom stereocenters. The summed E-state index contributed by atoms with van der Waals surface area (Å²) in [6, 6.07) is 58.5. The molecule has 1 heteroatoms. The highest BCUT2D eigenvalue weighted by Crippen LogP contribution is 2.37. The number of rotatable bonds is 6. The first kappa shape index (κ1) is 25.6. The van der Waals surface area contributed by atoms with Crippen molar-refractivity contribution in [1.82, 2.24) is 0 Å². The Kier molecular flexibility index (Phi) is 6.84. The number of anilines is 3. The number of hydrogen-bond donors (Lipinski definition) is 0. The zero-order valence-corrected chi connectivity index (χ0v) is 23.6. The van der Waals surface area contributed by atoms with Gasteiger partial charge in [-0.3, -0.25) is 0 Å². The average Bonchev–Trinajstić information content (AvgIpc) is 3.06. The summed E-state index contributed by atoms with van der Waals surface area (Å²) in [5.74, 6) is 0. The van der Waals surface area contributed by atoms with Crippen molar-refractivity contribution in [1.29, 1.82) is 0 Å². The Hall–Kier alpha value is -5.40. The number of para-hydroxylation sites is 1. The minimum atomic E-state index is 1.13. The van der Waals surface area contributed by atoms with Crippen LogP contribution in [0.5, 0.6) is 0 Å². The van der Waals surface area contributed by atoms with Gasteiger partial charge >= 0.3 is 0 Å². The maximum absolute atomic E-state index is 2.34. The second kappa shape index (κ2) is 11.2. The number of benzene rings is 7. The van der Waals surface area contributed by atoms with Gasteiger partial charge in [-0.15, -0.1) is 0 Å². The van der Waals surface area contributed by atoms with Gasteiger partial charge in [-0.25, -0.2) is 0 Å². The predicted octanol–water partition coefficient (Wildman–Crippen LogP) is 11.7. The fourth-order valence-electron chi connectivity index (χ4n) is 5.84. The Balaban J connectivity index is 1.26. The lowest BCUT2D eigenvalue weighted by Gasteiger charge is -2.26. The third-order valence-electron chi connectivity index (χ3n) is 8.00. The highest BCUT2D eigenvalue weighted by atomic mass is 15.1. The molecule has 0 N–H and O–H groups in total. The van der Waals surface area contributed by atoms with Crippen molar-refractivity contribution < 1.29 is 0 Å². The van der Waals surface area contributed by atoms with Crippen LogP contribution >= 0.6 is 0 Å². The van der Waals surface area contributed by atoms with E-state index >= 15 is 0 Å². The molecule has 0 fully saturated rings. The summed E-state index contributed by atoms with van der Waals surface area (Å²) in [6.45, 7) is 2.21. The van der Waals surface area contributed by atoms with E-state index in [0.717, 1.165) is 17.1 Å². The molecule has 200 valence electrons. The molecule has 0 bridgehead atoms. The maximum Gasteiger partial charge on any atom is 0.0462 e. The van der Waals surface area contributed by atoms with Crippen molar-refractivity contribution in [2.24, 2.45) is 0 Å². The van der Waals surface area contributed by atoms with Crippen LogP contribution in [0.3, 0.4) is 0 Å². The Bertz CT molecular complexity index is 1950. The van der Waals surface area contributed by atoms with Crippen LogP contribution < -0.4 is 4.90 Å². The van der Waals surface area contributed by atoms with Gasteiger partial charge < -0.3 is 4.90 Å². The summed E-state index contributed by atoms with van der Waals surface area (Å²) in [5, 5.41) is 5.09. The molecule has 0 radical (unpaired) electrons. The minimum absolute atomic E-state index is 1.13. The lowest BCUT2D eigenvalue weighted by Crippen LogP contribution is -2.09. The molecule has 7 rings (SSSR count). The average molecular weight is 538 g/mol. The molecule has 0 aromatic heterocycles. The van der Waals surface area contributed by atoms with Gasteiger partial charge in [0.1, 0.15) is 0 Å². The molecular weight excluding hydrogens is 506 g/mol. The van der Waals surface area contributed by atoms with E-state index in [2.05, 4.69) is 182 Å². The third-order valence-corrected chi connectivity index (χ3v) is 8.00. The van der Waals surface area contributed by atoms with E-state index in [1.54, 1.807) is 0 Å². The molecule has 1 nitrogen and oxygen atoms in total. The number of hydrogen-bond acceptors (Lipinski definition) is 1. The Morgan fingerprint density at radius 1 is 0.452 bits per heavy atom. The van der Waals surface area contributed by atoms with Crippen LogP contribution in [0.15, 0.2) is 164 Å².